The molecule has 0 aliphatic carbocycles. The number of aromatic nitrogens is 3. The molecule has 3 heterocycles. The number of ether oxygens (including phenoxy) is 4. The zero-order chi connectivity index (χ0) is 48.2. The van der Waals surface area contributed by atoms with Crippen LogP contribution in [0.15, 0.2) is 35.4 Å². The summed E-state index contributed by atoms with van der Waals surface area (Å²) in [5, 5.41) is 43.5. The summed E-state index contributed by atoms with van der Waals surface area (Å²) in [5.41, 5.74) is -2.71. The van der Waals surface area contributed by atoms with Crippen LogP contribution in [0.5, 0.6) is 0 Å². The van der Waals surface area contributed by atoms with Gasteiger partial charge in [-0.2, -0.15) is 0 Å². The van der Waals surface area contributed by atoms with Crippen molar-refractivity contribution < 1.29 is 66.3 Å². The first-order chi connectivity index (χ1) is 29.7. The molecular formula is C42H64FIN6O13S. The number of aliphatic hydroxyl groups excluding tert-OH is 2. The second-order valence-corrected chi connectivity index (χ2v) is 20.9. The van der Waals surface area contributed by atoms with E-state index in [4.69, 9.17) is 24.8 Å². The van der Waals surface area contributed by atoms with Crippen LogP contribution < -0.4 is 5.84 Å². The van der Waals surface area contributed by atoms with Crippen LogP contribution in [0.2, 0.25) is 0 Å². The van der Waals surface area contributed by atoms with E-state index in [1.807, 2.05) is 4.90 Å². The van der Waals surface area contributed by atoms with E-state index in [1.165, 1.54) is 63.0 Å². The van der Waals surface area contributed by atoms with Gasteiger partial charge in [0.05, 0.1) is 34.4 Å². The SMILES string of the molecule is CO[C@]1(C)C[C@@H](C)C(=O)[C@H](C)[C@@H](N(N)C=O)[C@](C)(O)[C@@H](I)OC(=O)[C@H](C)C(=O)[C@H](C)[C@H]1O[C@@H]1O[C@H](C)C[C@H](N(C)CCc2cn([C@H](CF)[C@H](O)c3ccc(S(C)(=O)=O)cc3)nn2)[C@H]1O. The van der Waals surface area contributed by atoms with Crippen LogP contribution in [0.3, 0.4) is 0 Å². The number of likely N-dealkylation sites (N-methyl/N-ethyl adjacent to an activating group) is 1. The Kier molecular flexibility index (Phi) is 18.2. The van der Waals surface area contributed by atoms with Gasteiger partial charge in [-0.05, 0) is 87.9 Å². The van der Waals surface area contributed by atoms with Crippen LogP contribution in [0.25, 0.3) is 0 Å². The molecule has 2 aromatic rings. The topological polar surface area (TPSA) is 263 Å². The van der Waals surface area contributed by atoms with Crippen molar-refractivity contribution in [3.63, 3.8) is 0 Å². The van der Waals surface area contributed by atoms with Gasteiger partial charge in [-0.3, -0.25) is 24.2 Å². The van der Waals surface area contributed by atoms with Crippen LogP contribution in [-0.4, -0.2) is 158 Å². The lowest BCUT2D eigenvalue weighted by Gasteiger charge is -2.47. The van der Waals surface area contributed by atoms with Crippen LogP contribution in [0.1, 0.15) is 84.7 Å². The number of cyclic esters (lactones) is 1. The summed E-state index contributed by atoms with van der Waals surface area (Å²) in [7, 11) is -0.296. The molecule has 360 valence electrons. The highest BCUT2D eigenvalue weighted by atomic mass is 127. The van der Waals surface area contributed by atoms with E-state index < -0.39 is 122 Å². The molecule has 0 bridgehead atoms. The number of rotatable bonds is 14. The van der Waals surface area contributed by atoms with Crippen molar-refractivity contribution >= 4 is 56.4 Å². The third-order valence-corrected chi connectivity index (χ3v) is 15.5. The van der Waals surface area contributed by atoms with Crippen molar-refractivity contribution in [1.82, 2.24) is 24.9 Å². The Hall–Kier alpha value is -3.07. The quantitative estimate of drug-likeness (QED) is 0.0308. The minimum absolute atomic E-state index is 0.0416. The Morgan fingerprint density at radius 2 is 1.73 bits per heavy atom. The van der Waals surface area contributed by atoms with Gasteiger partial charge in [-0.1, -0.05) is 38.1 Å². The maximum Gasteiger partial charge on any atom is 0.317 e. The monoisotopic (exact) mass is 1040 g/mol. The van der Waals surface area contributed by atoms with Gasteiger partial charge in [0, 0.05) is 56.3 Å². The van der Waals surface area contributed by atoms with E-state index >= 15 is 0 Å². The maximum absolute atomic E-state index is 14.4. The third-order valence-electron chi connectivity index (χ3n) is 12.8. The molecule has 0 unspecified atom stereocenters. The number of nitrogens with zero attached hydrogens (tertiary/aromatic N) is 5. The predicted octanol–water partition coefficient (Wildman–Crippen LogP) is 1.90. The molecule has 2 fully saturated rings. The predicted molar refractivity (Wildman–Crippen MR) is 237 cm³/mol. The van der Waals surface area contributed by atoms with Crippen molar-refractivity contribution in [2.45, 2.75) is 137 Å². The highest BCUT2D eigenvalue weighted by molar-refractivity contribution is 14.1. The summed E-state index contributed by atoms with van der Waals surface area (Å²) in [6.07, 6.45) is -2.20. The second-order valence-electron chi connectivity index (χ2n) is 17.8. The molecule has 1 aromatic heterocycles. The van der Waals surface area contributed by atoms with Gasteiger partial charge < -0.3 is 39.2 Å². The maximum atomic E-state index is 14.4. The Morgan fingerprint density at radius 1 is 1.11 bits per heavy atom. The number of amides is 1. The van der Waals surface area contributed by atoms with E-state index in [-0.39, 0.29) is 17.7 Å². The largest absolute Gasteiger partial charge is 0.448 e. The average molecular weight is 1040 g/mol. The number of hydrogen-bond acceptors (Lipinski definition) is 17. The van der Waals surface area contributed by atoms with Crippen molar-refractivity contribution in [3.05, 3.63) is 41.7 Å². The van der Waals surface area contributed by atoms with E-state index in [0.29, 0.717) is 35.7 Å². The smallest absolute Gasteiger partial charge is 0.317 e. The second kappa shape index (κ2) is 21.7. The molecule has 5 N–H and O–H groups in total. The standard InChI is InChI=1S/C42H64FIN6O13S/c1-22-18-41(6,60-9)37(25(4)33(53)26(5)38(56)63-40(44)42(7,57)36(49(45)21-51)24(3)32(22)52)62-39-35(55)30(17-23(2)61-39)48(8)16-15-28-20-50(47-46-28)31(19-43)34(54)27-11-13-29(14-12-27)64(10,58)59/h11-14,20-26,30-31,34-37,39-40,54-55,57H,15-19,45H2,1-10H3/t22-,23-,24+,25+,26-,30+,31-,34-,35-,36-,37-,39+,40+,41-,42+/m1/s1. The van der Waals surface area contributed by atoms with Gasteiger partial charge in [0.1, 0.15) is 42.2 Å². The van der Waals surface area contributed by atoms with Gasteiger partial charge in [-0.25, -0.2) is 23.3 Å². The molecule has 64 heavy (non-hydrogen) atoms. The number of hydrogen-bond donors (Lipinski definition) is 4. The fourth-order valence-electron chi connectivity index (χ4n) is 8.87. The number of benzene rings is 1. The molecule has 0 radical (unpaired) electrons. The number of ketones is 2. The number of aliphatic hydroxyl groups is 3. The lowest BCUT2D eigenvalue weighted by Crippen LogP contribution is -2.63. The first-order valence-electron chi connectivity index (χ1n) is 21.1. The summed E-state index contributed by atoms with van der Waals surface area (Å²) in [5.74, 6) is -0.359. The Morgan fingerprint density at radius 3 is 2.30 bits per heavy atom. The normalized spacial score (nSPS) is 34.8. The molecule has 1 aromatic carbocycles. The lowest BCUT2D eigenvalue weighted by atomic mass is 9.74. The molecule has 22 heteroatoms. The molecule has 19 nitrogen and oxygen atoms in total. The highest BCUT2D eigenvalue weighted by Crippen LogP contribution is 2.39. The zero-order valence-electron chi connectivity index (χ0n) is 37.9. The zero-order valence-corrected chi connectivity index (χ0v) is 40.9. The van der Waals surface area contributed by atoms with Gasteiger partial charge in [0.2, 0.25) is 6.41 Å². The fraction of sp³-hybridized carbons (Fsp3) is 0.714. The third kappa shape index (κ3) is 11.9. The molecule has 2 aliphatic heterocycles. The van der Waals surface area contributed by atoms with Gasteiger partial charge in [-0.15, -0.1) is 5.10 Å². The highest BCUT2D eigenvalue weighted by Gasteiger charge is 2.53. The first kappa shape index (κ1) is 53.5. The summed E-state index contributed by atoms with van der Waals surface area (Å²) in [6.45, 7) is 10.1. The van der Waals surface area contributed by atoms with Crippen LogP contribution >= 0.6 is 22.6 Å². The molecule has 0 spiro atoms. The number of carbonyl (C=O) groups excluding carboxylic acids is 4. The molecule has 0 saturated carbocycles. The van der Waals surface area contributed by atoms with Crippen LogP contribution in [0, 0.1) is 23.7 Å². The van der Waals surface area contributed by atoms with E-state index in [2.05, 4.69) is 10.3 Å². The van der Waals surface area contributed by atoms with E-state index in [9.17, 15) is 47.3 Å². The number of esters is 1. The summed E-state index contributed by atoms with van der Waals surface area (Å²) in [6, 6.07) is 2.45. The van der Waals surface area contributed by atoms with Crippen LogP contribution in [-0.2, 0) is 54.4 Å². The number of sulfone groups is 1. The molecular weight excluding hydrogens is 974 g/mol. The number of Topliss-reactive ketones (excluding diaryl/α,β-unsaturated/α-hetero) is 2. The number of methoxy groups -OCH3 is 1. The average Bonchev–Trinajstić information content (AvgIpc) is 3.72. The van der Waals surface area contributed by atoms with Gasteiger partial charge in [0.15, 0.2) is 26.0 Å². The van der Waals surface area contributed by atoms with E-state index in [0.717, 1.165) is 6.26 Å². The van der Waals surface area contributed by atoms with Crippen molar-refractivity contribution in [1.29, 1.82) is 0 Å². The van der Waals surface area contributed by atoms with Crippen molar-refractivity contribution in [2.24, 2.45) is 29.5 Å². The minimum atomic E-state index is -3.47. The Labute approximate surface area is 387 Å². The lowest BCUT2D eigenvalue weighted by molar-refractivity contribution is -0.296. The summed E-state index contributed by atoms with van der Waals surface area (Å²) in [4.78, 5) is 55.8. The minimum Gasteiger partial charge on any atom is -0.448 e. The van der Waals surface area contributed by atoms with Gasteiger partial charge in [0.25, 0.3) is 0 Å². The molecule has 15 atom stereocenters. The van der Waals surface area contributed by atoms with Crippen molar-refractivity contribution in [2.75, 3.05) is 33.6 Å². The fourth-order valence-corrected chi connectivity index (χ4v) is 10.1. The number of carbonyl (C=O) groups is 4. The number of nitrogens with two attached hydrogens (primary N) is 1. The molecule has 1 amide bonds. The number of hydrazine groups is 1. The van der Waals surface area contributed by atoms with Gasteiger partial charge >= 0.3 is 5.97 Å². The molecule has 2 saturated heterocycles. The summed E-state index contributed by atoms with van der Waals surface area (Å²) >= 11 is 1.67. The Balaban J connectivity index is 1.57. The molecule has 4 rings (SSSR count). The van der Waals surface area contributed by atoms with Crippen LogP contribution in [0.4, 0.5) is 4.39 Å². The van der Waals surface area contributed by atoms with Crippen molar-refractivity contribution in [3.8, 4) is 0 Å². The molecule has 2 aliphatic rings. The number of alkyl halides is 2. The Bertz CT molecular complexity index is 2050. The first-order valence-corrected chi connectivity index (χ1v) is 24.2. The summed E-state index contributed by atoms with van der Waals surface area (Å²) < 4.78 is 62.4. The van der Waals surface area contributed by atoms with E-state index in [1.54, 1.807) is 57.3 Å². The number of halogens is 2.